The van der Waals surface area contributed by atoms with Crippen LogP contribution < -0.4 is 25.4 Å². The van der Waals surface area contributed by atoms with Crippen molar-refractivity contribution in [3.05, 3.63) is 83.4 Å². The molecule has 0 fully saturated rings. The number of para-hydroxylation sites is 1. The second kappa shape index (κ2) is 12.1. The fourth-order valence-corrected chi connectivity index (χ4v) is 3.27. The van der Waals surface area contributed by atoms with Gasteiger partial charge < -0.3 is 20.1 Å². The highest BCUT2D eigenvalue weighted by Gasteiger charge is 2.30. The lowest BCUT2D eigenvalue weighted by atomic mass is 10.1. The van der Waals surface area contributed by atoms with Gasteiger partial charge in [0.15, 0.2) is 0 Å². The number of imide groups is 1. The third kappa shape index (κ3) is 7.48. The van der Waals surface area contributed by atoms with E-state index in [9.17, 15) is 27.6 Å². The van der Waals surface area contributed by atoms with Gasteiger partial charge in [-0.05, 0) is 60.5 Å². The van der Waals surface area contributed by atoms with Crippen LogP contribution in [-0.4, -0.2) is 31.6 Å². The Morgan fingerprint density at radius 3 is 2.05 bits per heavy atom. The quantitative estimate of drug-likeness (QED) is 0.312. The summed E-state index contributed by atoms with van der Waals surface area (Å²) in [5.41, 5.74) is -0.396. The minimum Gasteiger partial charge on any atom is -0.496 e. The summed E-state index contributed by atoms with van der Waals surface area (Å²) < 4.78 is 49.1. The van der Waals surface area contributed by atoms with E-state index in [2.05, 4.69) is 16.0 Å². The largest absolute Gasteiger partial charge is 0.496 e. The van der Waals surface area contributed by atoms with E-state index in [-0.39, 0.29) is 39.9 Å². The van der Waals surface area contributed by atoms with Gasteiger partial charge in [-0.25, -0.2) is 4.79 Å². The molecule has 0 heterocycles. The van der Waals surface area contributed by atoms with E-state index in [1.54, 1.807) is 18.2 Å². The average Bonchev–Trinajstić information content (AvgIpc) is 2.87. The maximum atomic E-state index is 13.1. The molecule has 3 aromatic rings. The average molecular weight is 530 g/mol. The van der Waals surface area contributed by atoms with E-state index >= 15 is 0 Å². The molecule has 200 valence electrons. The molecule has 8 nitrogen and oxygen atoms in total. The van der Waals surface area contributed by atoms with E-state index in [0.29, 0.717) is 6.61 Å². The number of nitrogens with one attached hydrogen (secondary N) is 3. The molecule has 38 heavy (non-hydrogen) atoms. The summed E-state index contributed by atoms with van der Waals surface area (Å²) in [5.74, 6) is -0.845. The van der Waals surface area contributed by atoms with Crippen LogP contribution >= 0.6 is 0 Å². The van der Waals surface area contributed by atoms with Crippen LogP contribution in [0.5, 0.6) is 11.5 Å². The molecular formula is C27H26F3N3O5. The Kier molecular flexibility index (Phi) is 8.95. The molecule has 0 aromatic heterocycles. The maximum Gasteiger partial charge on any atom is 0.416 e. The number of benzene rings is 3. The fraction of sp³-hybridized carbons (Fsp3) is 0.222. The zero-order chi connectivity index (χ0) is 27.9. The highest BCUT2D eigenvalue weighted by Crippen LogP contribution is 2.30. The Labute approximate surface area is 217 Å². The highest BCUT2D eigenvalue weighted by atomic mass is 19.4. The predicted molar refractivity (Wildman–Crippen MR) is 136 cm³/mol. The second-order valence-corrected chi connectivity index (χ2v) is 8.55. The molecule has 0 bridgehead atoms. The Morgan fingerprint density at radius 2 is 1.42 bits per heavy atom. The minimum absolute atomic E-state index is 0.0128. The number of alkyl halides is 3. The number of rotatable bonds is 8. The fourth-order valence-electron chi connectivity index (χ4n) is 3.27. The van der Waals surface area contributed by atoms with Crippen LogP contribution in [-0.2, 0) is 6.18 Å². The first-order valence-electron chi connectivity index (χ1n) is 11.5. The van der Waals surface area contributed by atoms with Crippen LogP contribution in [0.2, 0.25) is 0 Å². The number of urea groups is 1. The zero-order valence-electron chi connectivity index (χ0n) is 20.8. The van der Waals surface area contributed by atoms with E-state index in [0.717, 1.165) is 24.3 Å². The van der Waals surface area contributed by atoms with Crippen molar-refractivity contribution in [3.63, 3.8) is 0 Å². The zero-order valence-corrected chi connectivity index (χ0v) is 20.8. The van der Waals surface area contributed by atoms with Gasteiger partial charge in [0.05, 0.1) is 30.4 Å². The van der Waals surface area contributed by atoms with Gasteiger partial charge in [-0.2, -0.15) is 13.2 Å². The molecule has 4 amide bonds. The Bertz CT molecular complexity index is 1310. The number of hydrogen-bond donors (Lipinski definition) is 3. The molecule has 0 unspecified atom stereocenters. The first-order chi connectivity index (χ1) is 18.0. The first-order valence-corrected chi connectivity index (χ1v) is 11.5. The van der Waals surface area contributed by atoms with Crippen molar-refractivity contribution in [2.24, 2.45) is 5.92 Å². The molecule has 3 N–H and O–H groups in total. The van der Waals surface area contributed by atoms with Gasteiger partial charge in [-0.1, -0.05) is 26.0 Å². The van der Waals surface area contributed by atoms with Crippen LogP contribution in [0.1, 0.15) is 40.1 Å². The van der Waals surface area contributed by atoms with Crippen LogP contribution in [0.4, 0.5) is 29.3 Å². The topological polar surface area (TPSA) is 106 Å². The van der Waals surface area contributed by atoms with Gasteiger partial charge >= 0.3 is 12.2 Å². The summed E-state index contributed by atoms with van der Waals surface area (Å²) in [6.45, 7) is 4.14. The van der Waals surface area contributed by atoms with Crippen molar-refractivity contribution in [3.8, 4) is 11.5 Å². The molecule has 3 rings (SSSR count). The van der Waals surface area contributed by atoms with Crippen LogP contribution in [0.15, 0.2) is 66.7 Å². The molecule has 0 radical (unpaired) electrons. The summed E-state index contributed by atoms with van der Waals surface area (Å²) in [6, 6.07) is 13.8. The normalized spacial score (nSPS) is 11.0. The lowest BCUT2D eigenvalue weighted by molar-refractivity contribution is -0.137. The van der Waals surface area contributed by atoms with Crippen LogP contribution in [0, 0.1) is 5.92 Å². The summed E-state index contributed by atoms with van der Waals surface area (Å²) >= 11 is 0. The SMILES string of the molecule is COc1ccccc1C(=O)NC(=O)c1cc(NC(=O)Nc2ccc(C(F)(F)F)cc2)ccc1OCC(C)C. The van der Waals surface area contributed by atoms with Gasteiger partial charge in [-0.15, -0.1) is 0 Å². The Hall–Kier alpha value is -4.54. The van der Waals surface area contributed by atoms with Gasteiger partial charge in [0, 0.05) is 11.4 Å². The molecular weight excluding hydrogens is 503 g/mol. The van der Waals surface area contributed by atoms with Gasteiger partial charge in [0.1, 0.15) is 11.5 Å². The molecule has 0 atom stereocenters. The second-order valence-electron chi connectivity index (χ2n) is 8.55. The number of ether oxygens (including phenoxy) is 2. The van der Waals surface area contributed by atoms with Crippen molar-refractivity contribution in [1.82, 2.24) is 5.32 Å². The molecule has 0 spiro atoms. The number of halogens is 3. The van der Waals surface area contributed by atoms with E-state index < -0.39 is 29.6 Å². The molecule has 0 aliphatic heterocycles. The Balaban J connectivity index is 1.78. The molecule has 11 heteroatoms. The highest BCUT2D eigenvalue weighted by molar-refractivity contribution is 6.13. The number of methoxy groups -OCH3 is 1. The molecule has 0 aliphatic carbocycles. The number of carbonyl (C=O) groups excluding carboxylic acids is 3. The van der Waals surface area contributed by atoms with Gasteiger partial charge in [0.2, 0.25) is 0 Å². The lowest BCUT2D eigenvalue weighted by Gasteiger charge is -2.15. The molecule has 0 saturated heterocycles. The molecule has 0 saturated carbocycles. The minimum atomic E-state index is -4.50. The van der Waals surface area contributed by atoms with Crippen LogP contribution in [0.25, 0.3) is 0 Å². The predicted octanol–water partition coefficient (Wildman–Crippen LogP) is 5.96. The number of amides is 4. The smallest absolute Gasteiger partial charge is 0.416 e. The van der Waals surface area contributed by atoms with E-state index in [1.165, 1.54) is 31.4 Å². The lowest BCUT2D eigenvalue weighted by Crippen LogP contribution is -2.31. The summed E-state index contributed by atoms with van der Waals surface area (Å²) in [7, 11) is 1.40. The summed E-state index contributed by atoms with van der Waals surface area (Å²) in [4.78, 5) is 38.2. The van der Waals surface area contributed by atoms with Crippen molar-refractivity contribution in [2.45, 2.75) is 20.0 Å². The van der Waals surface area contributed by atoms with Crippen molar-refractivity contribution in [1.29, 1.82) is 0 Å². The molecule has 3 aromatic carbocycles. The molecule has 0 aliphatic rings. The standard InChI is InChI=1S/C27H26F3N3O5/c1-16(2)15-38-23-13-12-19(32-26(36)31-18-10-8-17(9-11-18)27(28,29)30)14-21(23)25(35)33-24(34)20-6-4-5-7-22(20)37-3/h4-14,16H,15H2,1-3H3,(H2,31,32,36)(H,33,34,35). The number of anilines is 2. The monoisotopic (exact) mass is 529 g/mol. The third-order valence-electron chi connectivity index (χ3n) is 5.10. The van der Waals surface area contributed by atoms with Gasteiger partial charge in [-0.3, -0.25) is 14.9 Å². The number of hydrogen-bond acceptors (Lipinski definition) is 5. The van der Waals surface area contributed by atoms with Gasteiger partial charge in [0.25, 0.3) is 11.8 Å². The summed E-state index contributed by atoms with van der Waals surface area (Å²) in [6.07, 6.45) is -4.50. The maximum absolute atomic E-state index is 13.1. The number of carbonyl (C=O) groups is 3. The first kappa shape index (κ1) is 28.0. The van der Waals surface area contributed by atoms with Crippen molar-refractivity contribution >= 4 is 29.2 Å². The van der Waals surface area contributed by atoms with Crippen LogP contribution in [0.3, 0.4) is 0 Å². The van der Waals surface area contributed by atoms with E-state index in [4.69, 9.17) is 9.47 Å². The van der Waals surface area contributed by atoms with E-state index in [1.807, 2.05) is 13.8 Å². The Morgan fingerprint density at radius 1 is 0.816 bits per heavy atom. The van der Waals surface area contributed by atoms with Crippen molar-refractivity contribution in [2.75, 3.05) is 24.4 Å². The van der Waals surface area contributed by atoms with Crippen molar-refractivity contribution < 1.29 is 37.0 Å². The summed E-state index contributed by atoms with van der Waals surface area (Å²) in [5, 5.41) is 7.23. The third-order valence-corrected chi connectivity index (χ3v) is 5.10.